The lowest BCUT2D eigenvalue weighted by atomic mass is 9.98. The molecule has 2 rings (SSSR count). The van der Waals surface area contributed by atoms with Crippen molar-refractivity contribution >= 4 is 27.9 Å². The van der Waals surface area contributed by atoms with Crippen molar-refractivity contribution < 1.29 is 9.47 Å². The first-order valence-electron chi connectivity index (χ1n) is 5.31. The summed E-state index contributed by atoms with van der Waals surface area (Å²) < 4.78 is 18.7. The topological polar surface area (TPSA) is 22.0 Å². The van der Waals surface area contributed by atoms with E-state index in [4.69, 9.17) is 4.74 Å². The van der Waals surface area contributed by atoms with Crippen LogP contribution in [0.4, 0.5) is 0 Å². The van der Waals surface area contributed by atoms with Crippen molar-refractivity contribution in [3.63, 3.8) is 0 Å². The van der Waals surface area contributed by atoms with Gasteiger partial charge in [0.05, 0.1) is 6.10 Å². The molecular weight excluding hydrogens is 291 g/mol. The molecule has 0 radical (unpaired) electrons. The van der Waals surface area contributed by atoms with Gasteiger partial charge >= 0.3 is 0 Å². The normalized spacial score (nSPS) is 33.5. The Morgan fingerprint density at radius 1 is 1.29 bits per heavy atom. The van der Waals surface area contributed by atoms with E-state index in [2.05, 4.69) is 13.8 Å². The zero-order valence-corrected chi connectivity index (χ0v) is 10.8. The van der Waals surface area contributed by atoms with Gasteiger partial charge in [-0.05, 0) is 12.8 Å². The molecule has 0 aromatic carbocycles. The smallest absolute Gasteiger partial charge is 0.296 e. The van der Waals surface area contributed by atoms with Crippen LogP contribution in [-0.4, -0.2) is 36.7 Å². The van der Waals surface area contributed by atoms with Crippen LogP contribution in [0.5, 0.6) is 0 Å². The molecule has 0 unspecified atom stereocenters. The van der Waals surface area contributed by atoms with Gasteiger partial charge in [0, 0.05) is 0 Å². The highest BCUT2D eigenvalue weighted by atomic mass is 127. The number of epoxide rings is 1. The lowest BCUT2D eigenvalue weighted by Gasteiger charge is -2.21. The SMILES string of the molecule is C=I(=C)[C@]1(COC2CCCCC2)C[OH+]1. The van der Waals surface area contributed by atoms with Gasteiger partial charge < -0.3 is 9.47 Å². The van der Waals surface area contributed by atoms with E-state index in [0.717, 1.165) is 13.2 Å². The molecule has 3 heteroatoms. The monoisotopic (exact) mass is 311 g/mol. The maximum absolute atomic E-state index is 5.94. The number of ether oxygens (including phenoxy) is 2. The quantitative estimate of drug-likeness (QED) is 0.337. The standard InChI is InChI=1S/C11H19IO2/c1-12(2)11(9-14-11)8-13-10-6-4-3-5-7-10/h10H,1-9H2/p+1/t11-/m0/s1. The van der Waals surface area contributed by atoms with Crippen LogP contribution in [0.15, 0.2) is 0 Å². The third-order valence-corrected chi connectivity index (χ3v) is 6.92. The third kappa shape index (κ3) is 2.49. The molecular formula is C11H20IO2+. The van der Waals surface area contributed by atoms with Gasteiger partial charge in [-0.1, -0.05) is 47.2 Å². The maximum atomic E-state index is 5.94. The molecule has 82 valence electrons. The van der Waals surface area contributed by atoms with E-state index >= 15 is 0 Å². The van der Waals surface area contributed by atoms with Crippen molar-refractivity contribution in [3.8, 4) is 0 Å². The van der Waals surface area contributed by atoms with Crippen LogP contribution in [0.2, 0.25) is 0 Å². The zero-order chi connectivity index (χ0) is 10.0. The summed E-state index contributed by atoms with van der Waals surface area (Å²) in [6, 6.07) is 0. The molecule has 0 aromatic heterocycles. The highest BCUT2D eigenvalue weighted by molar-refractivity contribution is 14.2. The van der Waals surface area contributed by atoms with Crippen LogP contribution in [-0.2, 0) is 4.74 Å². The van der Waals surface area contributed by atoms with Gasteiger partial charge in [-0.3, -0.25) is 0 Å². The van der Waals surface area contributed by atoms with Crippen molar-refractivity contribution in [2.75, 3.05) is 13.2 Å². The summed E-state index contributed by atoms with van der Waals surface area (Å²) in [5.41, 5.74) is 0. The predicted octanol–water partition coefficient (Wildman–Crippen LogP) is 1.94. The Labute approximate surface area is 92.3 Å². The molecule has 2 nitrogen and oxygen atoms in total. The molecule has 1 aliphatic heterocycles. The van der Waals surface area contributed by atoms with E-state index in [1.54, 1.807) is 0 Å². The molecule has 0 amide bonds. The lowest BCUT2D eigenvalue weighted by molar-refractivity contribution is 0.00242. The second kappa shape index (κ2) is 4.49. The molecule has 1 N–H and O–H groups in total. The van der Waals surface area contributed by atoms with Gasteiger partial charge in [0.25, 0.3) is 3.61 Å². The summed E-state index contributed by atoms with van der Waals surface area (Å²) in [7, 11) is 0. The molecule has 1 saturated heterocycles. The third-order valence-electron chi connectivity index (χ3n) is 3.09. The van der Waals surface area contributed by atoms with Crippen LogP contribution >= 0.6 is 18.9 Å². The summed E-state index contributed by atoms with van der Waals surface area (Å²) >= 11 is -1.30. The summed E-state index contributed by atoms with van der Waals surface area (Å²) in [6.07, 6.45) is 7.07. The van der Waals surface area contributed by atoms with E-state index in [0.29, 0.717) is 6.10 Å². The largest absolute Gasteiger partial charge is 0.408 e. The Hall–Kier alpha value is 0.390. The zero-order valence-electron chi connectivity index (χ0n) is 8.67. The first-order chi connectivity index (χ1) is 6.73. The molecule has 1 aliphatic carbocycles. The summed E-state index contributed by atoms with van der Waals surface area (Å²) in [6.45, 7) is 1.78. The average Bonchev–Trinajstić information content (AvgIpc) is 2.97. The second-order valence-corrected chi connectivity index (χ2v) is 8.87. The van der Waals surface area contributed by atoms with Crippen molar-refractivity contribution in [3.05, 3.63) is 0 Å². The number of halogens is 1. The molecule has 0 aromatic rings. The van der Waals surface area contributed by atoms with E-state index in [9.17, 15) is 0 Å². The molecule has 2 aliphatic rings. The fourth-order valence-corrected chi connectivity index (χ4v) is 3.66. The predicted molar refractivity (Wildman–Crippen MR) is 70.9 cm³/mol. The van der Waals surface area contributed by atoms with Gasteiger partial charge in [-0.2, -0.15) is 0 Å². The fraction of sp³-hybridized carbons (Fsp3) is 0.818. The van der Waals surface area contributed by atoms with Gasteiger partial charge in [0.2, 0.25) is 6.61 Å². The van der Waals surface area contributed by atoms with Gasteiger partial charge in [0.15, 0.2) is 0 Å². The molecule has 0 spiro atoms. The number of hydrogen-bond donors (Lipinski definition) is 0. The minimum absolute atomic E-state index is 0.140. The Bertz CT molecular complexity index is 252. The maximum Gasteiger partial charge on any atom is 0.296 e. The molecule has 14 heavy (non-hydrogen) atoms. The molecule has 0 bridgehead atoms. The Morgan fingerprint density at radius 2 is 1.93 bits per heavy atom. The van der Waals surface area contributed by atoms with Crippen molar-refractivity contribution in [2.45, 2.75) is 41.8 Å². The van der Waals surface area contributed by atoms with Gasteiger partial charge in [-0.15, -0.1) is 0 Å². The van der Waals surface area contributed by atoms with E-state index in [-0.39, 0.29) is 3.61 Å². The van der Waals surface area contributed by atoms with Crippen molar-refractivity contribution in [2.24, 2.45) is 0 Å². The van der Waals surface area contributed by atoms with Crippen LogP contribution in [0.3, 0.4) is 0 Å². The molecule has 1 saturated carbocycles. The summed E-state index contributed by atoms with van der Waals surface area (Å²) in [4.78, 5) is 0. The Balaban J connectivity index is 1.76. The second-order valence-electron chi connectivity index (χ2n) is 4.26. The minimum atomic E-state index is -1.30. The van der Waals surface area contributed by atoms with Gasteiger partial charge in [0.1, 0.15) is 6.61 Å². The first kappa shape index (κ1) is 10.9. The lowest BCUT2D eigenvalue weighted by Crippen LogP contribution is -2.23. The summed E-state index contributed by atoms with van der Waals surface area (Å²) in [5.74, 6) is 0. The van der Waals surface area contributed by atoms with Crippen LogP contribution in [0.25, 0.3) is 0 Å². The molecule has 2 fully saturated rings. The van der Waals surface area contributed by atoms with E-state index in [1.807, 2.05) is 0 Å². The number of aliphatic hydroxyl groups is 2. The minimum Gasteiger partial charge on any atom is -0.408 e. The first-order valence-corrected chi connectivity index (χ1v) is 9.44. The van der Waals surface area contributed by atoms with Gasteiger partial charge in [-0.25, -0.2) is 0 Å². The number of alkyl halides is 1. The van der Waals surface area contributed by atoms with Crippen molar-refractivity contribution in [1.29, 1.82) is 0 Å². The van der Waals surface area contributed by atoms with Crippen molar-refractivity contribution in [1.82, 2.24) is 0 Å². The Kier molecular flexibility index (Phi) is 3.50. The molecule has 1 atom stereocenters. The van der Waals surface area contributed by atoms with E-state index in [1.165, 1.54) is 32.1 Å². The van der Waals surface area contributed by atoms with Crippen LogP contribution in [0.1, 0.15) is 32.1 Å². The van der Waals surface area contributed by atoms with Crippen LogP contribution < -0.4 is 0 Å². The number of rotatable bonds is 4. The number of hydrogen-bond acceptors (Lipinski definition) is 1. The summed E-state index contributed by atoms with van der Waals surface area (Å²) in [5, 5.41) is 0. The Morgan fingerprint density at radius 3 is 2.43 bits per heavy atom. The van der Waals surface area contributed by atoms with E-state index < -0.39 is 18.9 Å². The average molecular weight is 311 g/mol. The highest BCUT2D eigenvalue weighted by Crippen LogP contribution is 2.40. The van der Waals surface area contributed by atoms with Crippen LogP contribution in [0, 0.1) is 0 Å². The fourth-order valence-electron chi connectivity index (χ4n) is 1.90. The highest BCUT2D eigenvalue weighted by Gasteiger charge is 2.53. The molecule has 1 heterocycles.